The molecule has 2 rings (SSSR count). The second-order valence-electron chi connectivity index (χ2n) is 5.47. The van der Waals surface area contributed by atoms with Gasteiger partial charge < -0.3 is 5.32 Å². The first kappa shape index (κ1) is 19.1. The quantitative estimate of drug-likeness (QED) is 0.577. The van der Waals surface area contributed by atoms with Crippen LogP contribution < -0.4 is 5.32 Å². The van der Waals surface area contributed by atoms with Crippen LogP contribution in [-0.2, 0) is 21.3 Å². The van der Waals surface area contributed by atoms with Crippen molar-refractivity contribution in [3.05, 3.63) is 65.7 Å². The molecule has 134 valence electrons. The molecule has 7 heteroatoms. The number of benzene rings is 2. The highest BCUT2D eigenvalue weighted by molar-refractivity contribution is 7.89. The Balaban J connectivity index is 1.88. The minimum atomic E-state index is -3.70. The highest BCUT2D eigenvalue weighted by atomic mass is 32.2. The molecule has 25 heavy (non-hydrogen) atoms. The summed E-state index contributed by atoms with van der Waals surface area (Å²) in [6.45, 7) is 0.556. The highest BCUT2D eigenvalue weighted by Gasteiger charge is 2.20. The summed E-state index contributed by atoms with van der Waals surface area (Å²) in [5.41, 5.74) is 1.65. The van der Waals surface area contributed by atoms with Crippen LogP contribution in [0, 0.1) is 0 Å². The molecule has 0 aliphatic rings. The van der Waals surface area contributed by atoms with E-state index in [1.807, 2.05) is 18.2 Å². The summed E-state index contributed by atoms with van der Waals surface area (Å²) in [6, 6.07) is 15.8. The van der Waals surface area contributed by atoms with Gasteiger partial charge in [-0.1, -0.05) is 34.8 Å². The zero-order valence-electron chi connectivity index (χ0n) is 14.3. The van der Waals surface area contributed by atoms with Gasteiger partial charge >= 0.3 is 0 Å². The molecule has 1 amide bonds. The normalized spacial score (nSPS) is 11.5. The third-order valence-corrected chi connectivity index (χ3v) is 5.47. The van der Waals surface area contributed by atoms with Crippen molar-refractivity contribution >= 4 is 15.9 Å². The second-order valence-corrected chi connectivity index (χ2v) is 7.40. The van der Waals surface area contributed by atoms with Gasteiger partial charge in [0.05, 0.1) is 12.0 Å². The van der Waals surface area contributed by atoms with Gasteiger partial charge in [0.2, 0.25) is 0 Å². The molecule has 0 fully saturated rings. The number of rotatable bonds is 8. The fraction of sp³-hybridized carbons (Fsp3) is 0.278. The van der Waals surface area contributed by atoms with E-state index in [1.165, 1.54) is 44.0 Å². The van der Waals surface area contributed by atoms with E-state index in [1.54, 1.807) is 0 Å². The first-order chi connectivity index (χ1) is 11.9. The minimum Gasteiger partial charge on any atom is -0.352 e. The number of nitrogens with one attached hydrogen (secondary N) is 1. The number of carbonyl (C=O) groups is 1. The van der Waals surface area contributed by atoms with Crippen molar-refractivity contribution in [2.45, 2.75) is 17.7 Å². The number of nitrogens with zero attached hydrogens (tertiary/aromatic N) is 1. The van der Waals surface area contributed by atoms with E-state index in [9.17, 15) is 13.2 Å². The first-order valence-corrected chi connectivity index (χ1v) is 9.34. The van der Waals surface area contributed by atoms with Crippen molar-refractivity contribution in [2.75, 3.05) is 20.7 Å². The van der Waals surface area contributed by atoms with Crippen LogP contribution in [0.1, 0.15) is 22.3 Å². The van der Waals surface area contributed by atoms with Crippen molar-refractivity contribution < 1.29 is 18.0 Å². The molecule has 0 atom stereocenters. The standard InChI is InChI=1S/C18H22N2O4S/c1-20(24-2)25(22,23)17-12-10-16(11-13-17)18(21)19-14-6-9-15-7-4-3-5-8-15/h3-5,7-8,10-13H,6,9,14H2,1-2H3,(H,19,21). The Morgan fingerprint density at radius 1 is 1.08 bits per heavy atom. The molecule has 2 aromatic carbocycles. The smallest absolute Gasteiger partial charge is 0.264 e. The fourth-order valence-corrected chi connectivity index (χ4v) is 3.24. The van der Waals surface area contributed by atoms with Gasteiger partial charge in [-0.25, -0.2) is 8.42 Å². The largest absolute Gasteiger partial charge is 0.352 e. The van der Waals surface area contributed by atoms with E-state index in [0.29, 0.717) is 12.1 Å². The maximum Gasteiger partial charge on any atom is 0.264 e. The van der Waals surface area contributed by atoms with Gasteiger partial charge in [-0.2, -0.15) is 0 Å². The molecule has 0 radical (unpaired) electrons. The molecule has 0 aliphatic heterocycles. The lowest BCUT2D eigenvalue weighted by Gasteiger charge is -2.14. The molecule has 1 N–H and O–H groups in total. The third kappa shape index (κ3) is 5.12. The average molecular weight is 362 g/mol. The van der Waals surface area contributed by atoms with Gasteiger partial charge in [0.25, 0.3) is 15.9 Å². The van der Waals surface area contributed by atoms with Crippen LogP contribution in [0.3, 0.4) is 0 Å². The molecular formula is C18H22N2O4S. The van der Waals surface area contributed by atoms with Crippen LogP contribution in [-0.4, -0.2) is 39.5 Å². The zero-order chi connectivity index (χ0) is 18.3. The van der Waals surface area contributed by atoms with Gasteiger partial charge in [0.1, 0.15) is 0 Å². The van der Waals surface area contributed by atoms with Gasteiger partial charge in [-0.3, -0.25) is 9.63 Å². The summed E-state index contributed by atoms with van der Waals surface area (Å²) in [7, 11) is -1.12. The highest BCUT2D eigenvalue weighted by Crippen LogP contribution is 2.15. The number of amides is 1. The minimum absolute atomic E-state index is 0.0671. The molecule has 0 heterocycles. The summed E-state index contributed by atoms with van der Waals surface area (Å²) in [5, 5.41) is 2.84. The van der Waals surface area contributed by atoms with Crippen LogP contribution in [0.4, 0.5) is 0 Å². The monoisotopic (exact) mass is 362 g/mol. The predicted octanol–water partition coefficient (Wildman–Crippen LogP) is 2.23. The molecule has 0 unspecified atom stereocenters. The summed E-state index contributed by atoms with van der Waals surface area (Å²) < 4.78 is 25.0. The molecule has 0 aromatic heterocycles. The van der Waals surface area contributed by atoms with Crippen molar-refractivity contribution in [3.8, 4) is 0 Å². The Bertz CT molecular complexity index is 790. The maximum atomic E-state index is 12.1. The fourth-order valence-electron chi connectivity index (χ4n) is 2.27. The Labute approximate surface area is 148 Å². The number of hydroxylamine groups is 1. The number of carbonyl (C=O) groups excluding carboxylic acids is 1. The molecule has 0 aliphatic carbocycles. The summed E-state index contributed by atoms with van der Waals surface area (Å²) in [4.78, 5) is 16.9. The zero-order valence-corrected chi connectivity index (χ0v) is 15.1. The maximum absolute atomic E-state index is 12.1. The number of aryl methyl sites for hydroxylation is 1. The van der Waals surface area contributed by atoms with E-state index in [2.05, 4.69) is 17.4 Å². The molecule has 2 aromatic rings. The molecule has 0 bridgehead atoms. The van der Waals surface area contributed by atoms with Crippen molar-refractivity contribution in [3.63, 3.8) is 0 Å². The van der Waals surface area contributed by atoms with Crippen LogP contribution in [0.15, 0.2) is 59.5 Å². The van der Waals surface area contributed by atoms with E-state index < -0.39 is 10.0 Å². The molecule has 0 saturated heterocycles. The predicted molar refractivity (Wildman–Crippen MR) is 95.5 cm³/mol. The van der Waals surface area contributed by atoms with E-state index in [-0.39, 0.29) is 10.8 Å². The van der Waals surface area contributed by atoms with Gasteiger partial charge in [0, 0.05) is 19.2 Å². The van der Waals surface area contributed by atoms with Crippen molar-refractivity contribution in [1.29, 1.82) is 0 Å². The third-order valence-electron chi connectivity index (χ3n) is 3.78. The van der Waals surface area contributed by atoms with E-state index in [4.69, 9.17) is 4.84 Å². The molecule has 0 saturated carbocycles. The Hall–Kier alpha value is -2.22. The topological polar surface area (TPSA) is 75.7 Å². The summed E-state index contributed by atoms with van der Waals surface area (Å²) in [6.07, 6.45) is 1.72. The lowest BCUT2D eigenvalue weighted by Crippen LogP contribution is -2.26. The van der Waals surface area contributed by atoms with Gasteiger partial charge in [-0.05, 0) is 42.7 Å². The van der Waals surface area contributed by atoms with Crippen LogP contribution in [0.25, 0.3) is 0 Å². The van der Waals surface area contributed by atoms with Crippen molar-refractivity contribution in [1.82, 2.24) is 9.79 Å². The Morgan fingerprint density at radius 2 is 1.72 bits per heavy atom. The van der Waals surface area contributed by atoms with Gasteiger partial charge in [-0.15, -0.1) is 0 Å². The lowest BCUT2D eigenvalue weighted by molar-refractivity contribution is -0.0258. The van der Waals surface area contributed by atoms with E-state index >= 15 is 0 Å². The Kier molecular flexibility index (Phi) is 6.69. The number of sulfonamides is 1. The molecule has 0 spiro atoms. The van der Waals surface area contributed by atoms with Crippen LogP contribution in [0.2, 0.25) is 0 Å². The summed E-state index contributed by atoms with van der Waals surface area (Å²) >= 11 is 0. The lowest BCUT2D eigenvalue weighted by atomic mass is 10.1. The Morgan fingerprint density at radius 3 is 2.32 bits per heavy atom. The van der Waals surface area contributed by atoms with E-state index in [0.717, 1.165) is 17.3 Å². The number of hydrogen-bond donors (Lipinski definition) is 1. The van der Waals surface area contributed by atoms with Crippen LogP contribution >= 0.6 is 0 Å². The molecular weight excluding hydrogens is 340 g/mol. The average Bonchev–Trinajstić information content (AvgIpc) is 2.65. The SMILES string of the molecule is CON(C)S(=O)(=O)c1ccc(C(=O)NCCCc2ccccc2)cc1. The van der Waals surface area contributed by atoms with Crippen LogP contribution in [0.5, 0.6) is 0 Å². The summed E-state index contributed by atoms with van der Waals surface area (Å²) in [5.74, 6) is -0.225. The molecule has 6 nitrogen and oxygen atoms in total. The first-order valence-electron chi connectivity index (χ1n) is 7.90. The van der Waals surface area contributed by atoms with Crippen molar-refractivity contribution in [2.24, 2.45) is 0 Å². The number of hydrogen-bond acceptors (Lipinski definition) is 4. The second kappa shape index (κ2) is 8.75. The van der Waals surface area contributed by atoms with Gasteiger partial charge in [0.15, 0.2) is 0 Å².